The zero-order chi connectivity index (χ0) is 10.8. The molecule has 15 heavy (non-hydrogen) atoms. The molecule has 2 aromatic carbocycles. The van der Waals surface area contributed by atoms with Gasteiger partial charge >= 0.3 is 0 Å². The summed E-state index contributed by atoms with van der Waals surface area (Å²) in [6.45, 7) is 0. The second-order valence-electron chi connectivity index (χ2n) is 3.22. The number of methoxy groups -OCH3 is 2. The normalized spacial score (nSPS) is 10.3. The Kier molecular flexibility index (Phi) is 2.64. The van der Waals surface area contributed by atoms with Crippen LogP contribution in [0.3, 0.4) is 0 Å². The zero-order valence-electron chi connectivity index (χ0n) is 8.61. The first-order chi connectivity index (χ1) is 7.24. The van der Waals surface area contributed by atoms with E-state index in [9.17, 15) is 0 Å². The van der Waals surface area contributed by atoms with Gasteiger partial charge in [-0.3, -0.25) is 0 Å². The number of hydrogen-bond acceptors (Lipinski definition) is 3. The fourth-order valence-electron chi connectivity index (χ4n) is 1.55. The summed E-state index contributed by atoms with van der Waals surface area (Å²) in [6.07, 6.45) is 0. The highest BCUT2D eigenvalue weighted by Gasteiger charge is 2.04. The molecule has 0 fully saturated rings. The van der Waals surface area contributed by atoms with Gasteiger partial charge in [0, 0.05) is 0 Å². The van der Waals surface area contributed by atoms with E-state index in [4.69, 9.17) is 22.1 Å². The smallest absolute Gasteiger partial charge is 0.161 e. The van der Waals surface area contributed by atoms with Crippen molar-refractivity contribution in [2.75, 3.05) is 14.2 Å². The summed E-state index contributed by atoms with van der Waals surface area (Å²) < 4.78 is 10.4. The van der Waals surface area contributed by atoms with Gasteiger partial charge in [-0.2, -0.15) is 4.90 Å². The van der Waals surface area contributed by atoms with Crippen LogP contribution in [0.1, 0.15) is 0 Å². The van der Waals surface area contributed by atoms with E-state index < -0.39 is 0 Å². The highest BCUT2D eigenvalue weighted by Crippen LogP contribution is 2.32. The molecule has 0 saturated heterocycles. The molecule has 0 aromatic heterocycles. The minimum absolute atomic E-state index is 0.727. The van der Waals surface area contributed by atoms with Crippen LogP contribution in [0.5, 0.6) is 11.5 Å². The van der Waals surface area contributed by atoms with E-state index in [1.165, 1.54) is 0 Å². The minimum Gasteiger partial charge on any atom is -0.780 e. The van der Waals surface area contributed by atoms with Crippen LogP contribution < -0.4 is 9.47 Å². The van der Waals surface area contributed by atoms with Crippen LogP contribution in [0.2, 0.25) is 0 Å². The van der Waals surface area contributed by atoms with Gasteiger partial charge in [0.25, 0.3) is 0 Å². The molecule has 0 bridgehead atoms. The average molecular weight is 219 g/mol. The van der Waals surface area contributed by atoms with Crippen molar-refractivity contribution in [3.63, 3.8) is 0 Å². The zero-order valence-corrected chi connectivity index (χ0v) is 9.43. The Morgan fingerprint density at radius 2 is 1.47 bits per heavy atom. The summed E-state index contributed by atoms with van der Waals surface area (Å²) in [5.74, 6) is 1.47. The maximum absolute atomic E-state index is 5.23. The first-order valence-corrected chi connectivity index (χ1v) is 4.98. The Hall–Kier alpha value is -1.48. The first-order valence-electron chi connectivity index (χ1n) is 4.57. The molecule has 0 amide bonds. The first kappa shape index (κ1) is 10.1. The van der Waals surface area contributed by atoms with Gasteiger partial charge in [0.15, 0.2) is 11.5 Å². The lowest BCUT2D eigenvalue weighted by Crippen LogP contribution is -1.90. The second-order valence-corrected chi connectivity index (χ2v) is 3.69. The predicted octanol–water partition coefficient (Wildman–Crippen LogP) is 2.76. The lowest BCUT2D eigenvalue weighted by molar-refractivity contribution is 0.356. The highest BCUT2D eigenvalue weighted by molar-refractivity contribution is 7.58. The van der Waals surface area contributed by atoms with Crippen molar-refractivity contribution in [3.05, 3.63) is 30.3 Å². The van der Waals surface area contributed by atoms with Gasteiger partial charge < -0.3 is 22.1 Å². The van der Waals surface area contributed by atoms with Crippen LogP contribution in [0.25, 0.3) is 10.8 Å². The van der Waals surface area contributed by atoms with Gasteiger partial charge in [-0.1, -0.05) is 18.2 Å². The predicted molar refractivity (Wildman–Crippen MR) is 62.7 cm³/mol. The topological polar surface area (TPSA) is 18.5 Å². The minimum atomic E-state index is 0.727. The number of ether oxygens (including phenoxy) is 2. The summed E-state index contributed by atoms with van der Waals surface area (Å²) in [5, 5.41) is 2.17. The van der Waals surface area contributed by atoms with E-state index in [1.54, 1.807) is 14.2 Å². The fraction of sp³-hybridized carbons (Fsp3) is 0.167. The van der Waals surface area contributed by atoms with Crippen molar-refractivity contribution in [1.82, 2.24) is 0 Å². The molecular weight excluding hydrogens is 208 g/mol. The van der Waals surface area contributed by atoms with Crippen molar-refractivity contribution in [2.45, 2.75) is 4.90 Å². The second kappa shape index (κ2) is 3.95. The molecule has 2 nitrogen and oxygen atoms in total. The third kappa shape index (κ3) is 1.83. The molecule has 0 N–H and O–H groups in total. The average Bonchev–Trinajstić information content (AvgIpc) is 2.27. The Morgan fingerprint density at radius 1 is 0.867 bits per heavy atom. The number of rotatable bonds is 2. The SMILES string of the molecule is COc1cc2ccc([S-])cc2cc1OC. The van der Waals surface area contributed by atoms with Crippen LogP contribution in [0.4, 0.5) is 0 Å². The Labute approximate surface area is 94.2 Å². The number of benzene rings is 2. The molecule has 0 aliphatic carbocycles. The molecule has 0 aliphatic rings. The summed E-state index contributed by atoms with van der Waals surface area (Å²) in [4.78, 5) is 0.828. The van der Waals surface area contributed by atoms with Crippen LogP contribution in [0, 0.1) is 0 Å². The van der Waals surface area contributed by atoms with Gasteiger partial charge in [0.2, 0.25) is 0 Å². The molecule has 0 atom stereocenters. The monoisotopic (exact) mass is 219 g/mol. The van der Waals surface area contributed by atoms with Gasteiger partial charge in [-0.25, -0.2) is 0 Å². The van der Waals surface area contributed by atoms with Crippen molar-refractivity contribution >= 4 is 23.4 Å². The summed E-state index contributed by atoms with van der Waals surface area (Å²) in [6, 6.07) is 9.72. The summed E-state index contributed by atoms with van der Waals surface area (Å²) in [7, 11) is 3.26. The largest absolute Gasteiger partial charge is 0.780 e. The van der Waals surface area contributed by atoms with Crippen molar-refractivity contribution in [1.29, 1.82) is 0 Å². The Bertz CT molecular complexity index is 494. The van der Waals surface area contributed by atoms with Crippen LogP contribution in [-0.4, -0.2) is 14.2 Å². The van der Waals surface area contributed by atoms with Gasteiger partial charge in [0.1, 0.15) is 0 Å². The third-order valence-electron chi connectivity index (χ3n) is 2.31. The number of fused-ring (bicyclic) bond motifs is 1. The van der Waals surface area contributed by atoms with E-state index in [2.05, 4.69) is 0 Å². The molecule has 0 spiro atoms. The van der Waals surface area contributed by atoms with E-state index in [0.717, 1.165) is 27.2 Å². The van der Waals surface area contributed by atoms with Gasteiger partial charge in [-0.05, 0) is 22.9 Å². The Morgan fingerprint density at radius 3 is 2.07 bits per heavy atom. The number of hydrogen-bond donors (Lipinski definition) is 0. The van der Waals surface area contributed by atoms with Gasteiger partial charge in [0.05, 0.1) is 14.2 Å². The quantitative estimate of drug-likeness (QED) is 0.724. The fourth-order valence-corrected chi connectivity index (χ4v) is 1.75. The third-order valence-corrected chi connectivity index (χ3v) is 2.57. The standard InChI is InChI=1S/C12H12O2S/c1-13-11-6-8-3-4-10(15)5-9(8)7-12(11)14-2/h3-7,15H,1-2H3/p-1. The van der Waals surface area contributed by atoms with Crippen molar-refractivity contribution in [3.8, 4) is 11.5 Å². The molecular formula is C12H11O2S-. The maximum Gasteiger partial charge on any atom is 0.161 e. The molecule has 0 radical (unpaired) electrons. The van der Waals surface area contributed by atoms with Crippen molar-refractivity contribution in [2.24, 2.45) is 0 Å². The molecule has 2 rings (SSSR count). The molecule has 2 aromatic rings. The maximum atomic E-state index is 5.23. The highest BCUT2D eigenvalue weighted by atomic mass is 32.1. The molecule has 0 heterocycles. The van der Waals surface area contributed by atoms with Crippen LogP contribution >= 0.6 is 0 Å². The molecule has 3 heteroatoms. The summed E-state index contributed by atoms with van der Waals surface area (Å²) >= 11 is 5.11. The van der Waals surface area contributed by atoms with Crippen molar-refractivity contribution < 1.29 is 9.47 Å². The molecule has 0 saturated carbocycles. The van der Waals surface area contributed by atoms with E-state index >= 15 is 0 Å². The lowest BCUT2D eigenvalue weighted by Gasteiger charge is -2.11. The summed E-state index contributed by atoms with van der Waals surface area (Å²) in [5.41, 5.74) is 0. The van der Waals surface area contributed by atoms with E-state index in [-0.39, 0.29) is 0 Å². The molecule has 0 aliphatic heterocycles. The van der Waals surface area contributed by atoms with E-state index in [0.29, 0.717) is 0 Å². The molecule has 0 unspecified atom stereocenters. The lowest BCUT2D eigenvalue weighted by atomic mass is 10.1. The Balaban J connectivity index is 2.69. The van der Waals surface area contributed by atoms with E-state index in [1.807, 2.05) is 30.3 Å². The van der Waals surface area contributed by atoms with Crippen LogP contribution in [-0.2, 0) is 12.6 Å². The van der Waals surface area contributed by atoms with Crippen LogP contribution in [0.15, 0.2) is 35.2 Å². The van der Waals surface area contributed by atoms with Gasteiger partial charge in [-0.15, -0.1) is 0 Å². The molecule has 78 valence electrons.